The number of carbonyl (C=O) groups excluding carboxylic acids is 1. The van der Waals surface area contributed by atoms with E-state index in [0.717, 1.165) is 48.8 Å². The Kier molecular flexibility index (Phi) is 6.90. The van der Waals surface area contributed by atoms with Gasteiger partial charge in [0.1, 0.15) is 18.1 Å². The number of nitro groups is 1. The van der Waals surface area contributed by atoms with Crippen LogP contribution in [-0.2, 0) is 19.4 Å². The third-order valence-electron chi connectivity index (χ3n) is 5.43. The minimum absolute atomic E-state index is 0.0684. The van der Waals surface area contributed by atoms with Crippen LogP contribution in [0, 0.1) is 10.1 Å². The predicted molar refractivity (Wildman–Crippen MR) is 122 cm³/mol. The van der Waals surface area contributed by atoms with Crippen LogP contribution < -0.4 is 14.8 Å². The summed E-state index contributed by atoms with van der Waals surface area (Å²) >= 11 is 0. The summed E-state index contributed by atoms with van der Waals surface area (Å²) in [6.45, 7) is -1.39. The number of carbonyl (C=O) groups is 1. The van der Waals surface area contributed by atoms with Crippen LogP contribution in [0.2, 0.25) is 0 Å². The van der Waals surface area contributed by atoms with Crippen molar-refractivity contribution >= 4 is 17.3 Å². The molecule has 182 valence electrons. The summed E-state index contributed by atoms with van der Waals surface area (Å²) in [5.74, 6) is -0.238. The Labute approximate surface area is 198 Å². The van der Waals surface area contributed by atoms with Crippen molar-refractivity contribution in [3.05, 3.63) is 93.0 Å². The Balaban J connectivity index is 1.44. The smallest absolute Gasteiger partial charge is 0.422 e. The van der Waals surface area contributed by atoms with Crippen molar-refractivity contribution < 1.29 is 32.4 Å². The third kappa shape index (κ3) is 6.50. The van der Waals surface area contributed by atoms with Gasteiger partial charge in [-0.1, -0.05) is 18.2 Å². The number of non-ortho nitro benzene ring substituents is 1. The van der Waals surface area contributed by atoms with Crippen molar-refractivity contribution in [2.24, 2.45) is 0 Å². The highest BCUT2D eigenvalue weighted by atomic mass is 19.4. The molecule has 0 bridgehead atoms. The van der Waals surface area contributed by atoms with E-state index in [4.69, 9.17) is 4.74 Å². The molecule has 35 heavy (non-hydrogen) atoms. The fourth-order valence-electron chi connectivity index (χ4n) is 3.82. The third-order valence-corrected chi connectivity index (χ3v) is 5.43. The van der Waals surface area contributed by atoms with Crippen LogP contribution in [0.15, 0.2) is 60.7 Å². The second-order valence-electron chi connectivity index (χ2n) is 8.10. The minimum atomic E-state index is -4.61. The first-order valence-corrected chi connectivity index (χ1v) is 10.8. The van der Waals surface area contributed by atoms with Gasteiger partial charge in [0.25, 0.3) is 11.6 Å². The Hall–Kier alpha value is -4.08. The molecule has 3 aromatic carbocycles. The molecule has 7 nitrogen and oxygen atoms in total. The maximum absolute atomic E-state index is 12.7. The maximum Gasteiger partial charge on any atom is 0.422 e. The van der Waals surface area contributed by atoms with E-state index in [9.17, 15) is 28.1 Å². The van der Waals surface area contributed by atoms with E-state index >= 15 is 0 Å². The molecule has 0 heterocycles. The molecule has 1 aliphatic rings. The Bertz CT molecular complexity index is 1260. The van der Waals surface area contributed by atoms with Gasteiger partial charge in [-0.15, -0.1) is 0 Å². The number of hydrogen-bond acceptors (Lipinski definition) is 5. The number of nitro benzene ring substituents is 1. The number of amides is 1. The normalized spacial score (nSPS) is 12.7. The van der Waals surface area contributed by atoms with E-state index < -0.39 is 29.3 Å². The molecule has 0 fully saturated rings. The van der Waals surface area contributed by atoms with E-state index in [1.165, 1.54) is 11.1 Å². The maximum atomic E-state index is 12.7. The first kappa shape index (κ1) is 24.1. The Morgan fingerprint density at radius 1 is 0.971 bits per heavy atom. The highest BCUT2D eigenvalue weighted by Gasteiger charge is 2.29. The second-order valence-corrected chi connectivity index (χ2v) is 8.10. The van der Waals surface area contributed by atoms with E-state index in [2.05, 4.69) is 16.1 Å². The van der Waals surface area contributed by atoms with Gasteiger partial charge in [0.2, 0.25) is 0 Å². The van der Waals surface area contributed by atoms with Gasteiger partial charge >= 0.3 is 6.18 Å². The fourth-order valence-corrected chi connectivity index (χ4v) is 3.82. The zero-order valence-corrected chi connectivity index (χ0v) is 18.4. The molecule has 3 aromatic rings. The number of aryl methyl sites for hydroxylation is 2. The van der Waals surface area contributed by atoms with Gasteiger partial charge in [0.15, 0.2) is 6.61 Å². The fraction of sp³-hybridized carbons (Fsp3) is 0.240. The van der Waals surface area contributed by atoms with Crippen LogP contribution in [0.3, 0.4) is 0 Å². The first-order chi connectivity index (χ1) is 16.7. The Morgan fingerprint density at radius 3 is 2.54 bits per heavy atom. The number of rotatable bonds is 8. The van der Waals surface area contributed by atoms with Gasteiger partial charge in [-0.05, 0) is 60.2 Å². The molecule has 0 aliphatic heterocycles. The summed E-state index contributed by atoms with van der Waals surface area (Å²) in [7, 11) is 0. The van der Waals surface area contributed by atoms with E-state index in [1.54, 1.807) is 24.3 Å². The van der Waals surface area contributed by atoms with Crippen LogP contribution in [-0.4, -0.2) is 23.6 Å². The number of ether oxygens (including phenoxy) is 2. The van der Waals surface area contributed by atoms with Crippen molar-refractivity contribution in [3.8, 4) is 11.5 Å². The zero-order chi connectivity index (χ0) is 25.0. The molecule has 0 atom stereocenters. The first-order valence-electron chi connectivity index (χ1n) is 10.8. The number of nitrogens with one attached hydrogen (secondary N) is 1. The van der Waals surface area contributed by atoms with Gasteiger partial charge in [-0.2, -0.15) is 13.2 Å². The van der Waals surface area contributed by atoms with Crippen LogP contribution in [0.25, 0.3) is 0 Å². The molecule has 0 aromatic heterocycles. The Morgan fingerprint density at radius 2 is 1.77 bits per heavy atom. The second kappa shape index (κ2) is 10.0. The van der Waals surface area contributed by atoms with Gasteiger partial charge in [-0.25, -0.2) is 0 Å². The summed E-state index contributed by atoms with van der Waals surface area (Å²) in [5, 5.41) is 13.6. The highest BCUT2D eigenvalue weighted by Crippen LogP contribution is 2.29. The summed E-state index contributed by atoms with van der Waals surface area (Å²) in [6, 6.07) is 15.6. The van der Waals surface area contributed by atoms with Crippen molar-refractivity contribution in [1.29, 1.82) is 0 Å². The number of benzene rings is 3. The molecule has 0 unspecified atom stereocenters. The highest BCUT2D eigenvalue weighted by molar-refractivity contribution is 6.04. The van der Waals surface area contributed by atoms with Crippen LogP contribution in [0.4, 0.5) is 24.5 Å². The van der Waals surface area contributed by atoms with Crippen molar-refractivity contribution in [2.45, 2.75) is 32.0 Å². The van der Waals surface area contributed by atoms with E-state index in [1.807, 2.05) is 12.1 Å². The minimum Gasteiger partial charge on any atom is -0.489 e. The van der Waals surface area contributed by atoms with Crippen molar-refractivity contribution in [3.63, 3.8) is 0 Å². The lowest BCUT2D eigenvalue weighted by Crippen LogP contribution is -2.19. The average Bonchev–Trinajstić information content (AvgIpc) is 3.29. The number of nitrogens with zero attached hydrogens (tertiary/aromatic N) is 1. The molecule has 0 saturated heterocycles. The summed E-state index contributed by atoms with van der Waals surface area (Å²) in [5.41, 5.74) is 3.02. The summed E-state index contributed by atoms with van der Waals surface area (Å²) in [4.78, 5) is 23.1. The molecule has 0 spiro atoms. The average molecular weight is 486 g/mol. The number of fused-ring (bicyclic) bond motifs is 1. The van der Waals surface area contributed by atoms with Crippen LogP contribution in [0.5, 0.6) is 11.5 Å². The molecular weight excluding hydrogens is 465 g/mol. The zero-order valence-electron chi connectivity index (χ0n) is 18.4. The lowest BCUT2D eigenvalue weighted by molar-refractivity contribution is -0.384. The van der Waals surface area contributed by atoms with E-state index in [0.29, 0.717) is 0 Å². The van der Waals surface area contributed by atoms with Gasteiger partial charge in [0.05, 0.1) is 16.7 Å². The lowest BCUT2D eigenvalue weighted by atomic mass is 10.1. The molecule has 1 N–H and O–H groups in total. The van der Waals surface area contributed by atoms with Crippen LogP contribution >= 0.6 is 0 Å². The quantitative estimate of drug-likeness (QED) is 0.318. The van der Waals surface area contributed by atoms with Crippen molar-refractivity contribution in [2.75, 3.05) is 11.9 Å². The summed E-state index contributed by atoms with van der Waals surface area (Å²) in [6.07, 6.45) is -1.37. The van der Waals surface area contributed by atoms with Crippen molar-refractivity contribution in [1.82, 2.24) is 0 Å². The topological polar surface area (TPSA) is 90.7 Å². The standard InChI is InChI=1S/C25H21F3N2O5/c26-25(27,28)15-35-23-12-20(11-21(13-23)30(32)33)29-24(31)19-6-1-3-16(9-19)14-34-22-8-7-17-4-2-5-18(17)10-22/h1,3,6-13H,2,4-5,14-15H2,(H,29,31). The molecule has 1 amide bonds. The molecule has 0 saturated carbocycles. The van der Waals surface area contributed by atoms with Crippen LogP contribution in [0.1, 0.15) is 33.5 Å². The van der Waals surface area contributed by atoms with Gasteiger partial charge in [0, 0.05) is 17.7 Å². The molecular formula is C25H21F3N2O5. The number of hydrogen-bond donors (Lipinski definition) is 1. The van der Waals surface area contributed by atoms with Gasteiger partial charge in [-0.3, -0.25) is 14.9 Å². The molecule has 0 radical (unpaired) electrons. The monoisotopic (exact) mass is 486 g/mol. The predicted octanol–water partition coefficient (Wildman–Crippen LogP) is 5.86. The largest absolute Gasteiger partial charge is 0.489 e. The molecule has 10 heteroatoms. The molecule has 1 aliphatic carbocycles. The SMILES string of the molecule is O=C(Nc1cc(OCC(F)(F)F)cc([N+](=O)[O-])c1)c1cccc(COc2ccc3c(c2)CCC3)c1. The van der Waals surface area contributed by atoms with Gasteiger partial charge < -0.3 is 14.8 Å². The summed E-state index contributed by atoms with van der Waals surface area (Å²) < 4.78 is 47.9. The number of anilines is 1. The van der Waals surface area contributed by atoms with E-state index in [-0.39, 0.29) is 23.6 Å². The lowest BCUT2D eigenvalue weighted by Gasteiger charge is -2.12. The number of halogens is 3. The molecule has 4 rings (SSSR count). The number of alkyl halides is 3.